The number of nitrogens with zero attached hydrogens (tertiary/aromatic N) is 1. The molecule has 0 heterocycles. The van der Waals surface area contributed by atoms with Crippen molar-refractivity contribution in [1.82, 2.24) is 0 Å². The molecule has 2 rings (SSSR count). The first-order chi connectivity index (χ1) is 9.86. The maximum absolute atomic E-state index is 12.7. The van der Waals surface area contributed by atoms with Gasteiger partial charge in [-0.15, -0.1) is 0 Å². The van der Waals surface area contributed by atoms with Gasteiger partial charge < -0.3 is 0 Å². The van der Waals surface area contributed by atoms with E-state index in [4.69, 9.17) is 23.2 Å². The molecule has 0 atom stereocenters. The maximum atomic E-state index is 12.7. The Morgan fingerprint density at radius 2 is 1.62 bits per heavy atom. The quantitative estimate of drug-likeness (QED) is 0.818. The summed E-state index contributed by atoms with van der Waals surface area (Å²) in [5.74, 6) is 0. The van der Waals surface area contributed by atoms with Crippen LogP contribution in [0.15, 0.2) is 47.4 Å². The zero-order valence-corrected chi connectivity index (χ0v) is 14.0. The van der Waals surface area contributed by atoms with Crippen LogP contribution >= 0.6 is 23.2 Å². The van der Waals surface area contributed by atoms with Gasteiger partial charge in [0.1, 0.15) is 0 Å². The highest BCUT2D eigenvalue weighted by molar-refractivity contribution is 7.92. The molecule has 21 heavy (non-hydrogen) atoms. The highest BCUT2D eigenvalue weighted by Gasteiger charge is 2.23. The van der Waals surface area contributed by atoms with Crippen molar-refractivity contribution in [3.63, 3.8) is 0 Å². The van der Waals surface area contributed by atoms with Crippen LogP contribution in [0, 0.1) is 6.92 Å². The minimum absolute atomic E-state index is 0.251. The molecule has 0 spiro atoms. The minimum atomic E-state index is -3.62. The van der Waals surface area contributed by atoms with Gasteiger partial charge in [0.25, 0.3) is 10.0 Å². The van der Waals surface area contributed by atoms with Gasteiger partial charge in [0.05, 0.1) is 20.6 Å². The number of benzene rings is 2. The molecular weight excluding hydrogens is 329 g/mol. The van der Waals surface area contributed by atoms with E-state index in [1.54, 1.807) is 49.4 Å². The molecule has 2 aromatic rings. The van der Waals surface area contributed by atoms with Crippen LogP contribution < -0.4 is 4.31 Å². The van der Waals surface area contributed by atoms with Crippen LogP contribution in [0.1, 0.15) is 12.5 Å². The van der Waals surface area contributed by atoms with Gasteiger partial charge in [-0.2, -0.15) is 0 Å². The number of halogens is 2. The summed E-state index contributed by atoms with van der Waals surface area (Å²) in [5.41, 5.74) is 1.50. The summed E-state index contributed by atoms with van der Waals surface area (Å²) in [6.45, 7) is 3.98. The van der Waals surface area contributed by atoms with E-state index in [0.29, 0.717) is 22.3 Å². The molecule has 6 heteroatoms. The standard InChI is InChI=1S/C15H15Cl2NO2S/c1-3-18(12-6-9-14(16)15(17)10-12)21(19,20)13-7-4-11(2)5-8-13/h4-10H,3H2,1-2H3. The first kappa shape index (κ1) is 16.1. The fourth-order valence-electron chi connectivity index (χ4n) is 1.97. The first-order valence-electron chi connectivity index (χ1n) is 6.40. The van der Waals surface area contributed by atoms with Crippen LogP contribution in [0.4, 0.5) is 5.69 Å². The molecule has 0 aliphatic carbocycles. The SMILES string of the molecule is CCN(c1ccc(Cl)c(Cl)c1)S(=O)(=O)c1ccc(C)cc1. The lowest BCUT2D eigenvalue weighted by molar-refractivity contribution is 0.592. The lowest BCUT2D eigenvalue weighted by Gasteiger charge is -2.23. The van der Waals surface area contributed by atoms with E-state index in [0.717, 1.165) is 5.56 Å². The number of aryl methyl sites for hydroxylation is 1. The molecule has 0 N–H and O–H groups in total. The van der Waals surface area contributed by atoms with Crippen molar-refractivity contribution < 1.29 is 8.42 Å². The van der Waals surface area contributed by atoms with E-state index in [9.17, 15) is 8.42 Å². The Kier molecular flexibility index (Phi) is 4.81. The van der Waals surface area contributed by atoms with Crippen molar-refractivity contribution >= 4 is 38.9 Å². The molecule has 0 unspecified atom stereocenters. The Morgan fingerprint density at radius 1 is 1.00 bits per heavy atom. The Hall–Kier alpha value is -1.23. The zero-order valence-electron chi connectivity index (χ0n) is 11.7. The second-order valence-electron chi connectivity index (χ2n) is 4.58. The minimum Gasteiger partial charge on any atom is -0.267 e. The number of anilines is 1. The van der Waals surface area contributed by atoms with Gasteiger partial charge >= 0.3 is 0 Å². The lowest BCUT2D eigenvalue weighted by Crippen LogP contribution is -2.30. The molecular formula is C15H15Cl2NO2S. The van der Waals surface area contributed by atoms with Crippen LogP contribution in [0.2, 0.25) is 10.0 Å². The summed E-state index contributed by atoms with van der Waals surface area (Å²) >= 11 is 11.9. The summed E-state index contributed by atoms with van der Waals surface area (Å²) in [6.07, 6.45) is 0. The number of sulfonamides is 1. The van der Waals surface area contributed by atoms with Gasteiger partial charge in [-0.3, -0.25) is 4.31 Å². The second-order valence-corrected chi connectivity index (χ2v) is 7.26. The van der Waals surface area contributed by atoms with Crippen LogP contribution in [0.25, 0.3) is 0 Å². The van der Waals surface area contributed by atoms with Crippen LogP contribution in [0.5, 0.6) is 0 Å². The van der Waals surface area contributed by atoms with Crippen molar-refractivity contribution in [2.24, 2.45) is 0 Å². The Balaban J connectivity index is 2.48. The Labute approximate surface area is 135 Å². The second kappa shape index (κ2) is 6.26. The van der Waals surface area contributed by atoms with E-state index in [-0.39, 0.29) is 4.90 Å². The maximum Gasteiger partial charge on any atom is 0.264 e. The van der Waals surface area contributed by atoms with Gasteiger partial charge in [0.15, 0.2) is 0 Å². The topological polar surface area (TPSA) is 37.4 Å². The number of hydrogen-bond acceptors (Lipinski definition) is 2. The molecule has 0 aromatic heterocycles. The average molecular weight is 344 g/mol. The van der Waals surface area contributed by atoms with Gasteiger partial charge in [0, 0.05) is 6.54 Å². The third-order valence-corrected chi connectivity index (χ3v) is 5.74. The van der Waals surface area contributed by atoms with E-state index >= 15 is 0 Å². The first-order valence-corrected chi connectivity index (χ1v) is 8.60. The van der Waals surface area contributed by atoms with Crippen LogP contribution in [0.3, 0.4) is 0 Å². The average Bonchev–Trinajstić information content (AvgIpc) is 2.44. The van der Waals surface area contributed by atoms with Gasteiger partial charge in [-0.05, 0) is 44.2 Å². The third kappa shape index (κ3) is 3.34. The zero-order chi connectivity index (χ0) is 15.6. The van der Waals surface area contributed by atoms with Crippen LogP contribution in [-0.2, 0) is 10.0 Å². The monoisotopic (exact) mass is 343 g/mol. The summed E-state index contributed by atoms with van der Waals surface area (Å²) in [5, 5.41) is 0.718. The fourth-order valence-corrected chi connectivity index (χ4v) is 3.73. The molecule has 0 aliphatic heterocycles. The Bertz CT molecular complexity index is 743. The molecule has 0 saturated carbocycles. The van der Waals surface area contributed by atoms with E-state index in [2.05, 4.69) is 0 Å². The largest absolute Gasteiger partial charge is 0.267 e. The predicted molar refractivity (Wildman–Crippen MR) is 87.8 cm³/mol. The lowest BCUT2D eigenvalue weighted by atomic mass is 10.2. The molecule has 0 amide bonds. The predicted octanol–water partition coefficient (Wildman–Crippen LogP) is 4.52. The summed E-state index contributed by atoms with van der Waals surface area (Å²) in [6, 6.07) is 11.5. The van der Waals surface area contributed by atoms with E-state index in [1.807, 2.05) is 6.92 Å². The fraction of sp³-hybridized carbons (Fsp3) is 0.200. The number of hydrogen-bond donors (Lipinski definition) is 0. The van der Waals surface area contributed by atoms with Crippen LogP contribution in [-0.4, -0.2) is 15.0 Å². The van der Waals surface area contributed by atoms with E-state index in [1.165, 1.54) is 4.31 Å². The highest BCUT2D eigenvalue weighted by atomic mass is 35.5. The van der Waals surface area contributed by atoms with Crippen molar-refractivity contribution in [2.45, 2.75) is 18.7 Å². The van der Waals surface area contributed by atoms with E-state index < -0.39 is 10.0 Å². The summed E-state index contributed by atoms with van der Waals surface area (Å²) in [7, 11) is -3.62. The molecule has 0 radical (unpaired) electrons. The third-order valence-electron chi connectivity index (χ3n) is 3.09. The normalized spacial score (nSPS) is 11.4. The molecule has 0 aliphatic rings. The van der Waals surface area contributed by atoms with Crippen molar-refractivity contribution in [1.29, 1.82) is 0 Å². The molecule has 3 nitrogen and oxygen atoms in total. The molecule has 0 saturated heterocycles. The molecule has 2 aromatic carbocycles. The smallest absolute Gasteiger partial charge is 0.264 e. The molecule has 112 valence electrons. The Morgan fingerprint density at radius 3 is 2.14 bits per heavy atom. The summed E-state index contributed by atoms with van der Waals surface area (Å²) in [4.78, 5) is 0.251. The summed E-state index contributed by atoms with van der Waals surface area (Å²) < 4.78 is 26.7. The van der Waals surface area contributed by atoms with Gasteiger partial charge in [0.2, 0.25) is 0 Å². The van der Waals surface area contributed by atoms with Crippen molar-refractivity contribution in [3.8, 4) is 0 Å². The van der Waals surface area contributed by atoms with Gasteiger partial charge in [-0.25, -0.2) is 8.42 Å². The molecule has 0 bridgehead atoms. The van der Waals surface area contributed by atoms with Crippen molar-refractivity contribution in [3.05, 3.63) is 58.1 Å². The van der Waals surface area contributed by atoms with Crippen molar-refractivity contribution in [2.75, 3.05) is 10.8 Å². The highest BCUT2D eigenvalue weighted by Crippen LogP contribution is 2.30. The molecule has 0 fully saturated rings. The number of rotatable bonds is 4. The van der Waals surface area contributed by atoms with Gasteiger partial charge in [-0.1, -0.05) is 40.9 Å².